The minimum Gasteiger partial charge on any atom is -0.398 e. The van der Waals surface area contributed by atoms with Crippen LogP contribution in [0.5, 0.6) is 0 Å². The highest BCUT2D eigenvalue weighted by Crippen LogP contribution is 2.29. The molecule has 0 saturated carbocycles. The predicted octanol–water partition coefficient (Wildman–Crippen LogP) is 0.561. The van der Waals surface area contributed by atoms with Gasteiger partial charge in [-0.3, -0.25) is 20.4 Å². The number of nitrogens with one attached hydrogen (secondary N) is 3. The van der Waals surface area contributed by atoms with Crippen LogP contribution < -0.4 is 33.6 Å². The lowest BCUT2D eigenvalue weighted by Crippen LogP contribution is -2.36. The zero-order valence-corrected chi connectivity index (χ0v) is 14.9. The Morgan fingerprint density at radius 3 is 2.15 bits per heavy atom. The molecule has 0 unspecified atom stereocenters. The number of benzene rings is 2. The number of anilines is 1. The molecule has 1 aliphatic heterocycles. The van der Waals surface area contributed by atoms with Crippen molar-refractivity contribution in [3.63, 3.8) is 0 Å². The summed E-state index contributed by atoms with van der Waals surface area (Å²) in [6, 6.07) is 7.26. The molecule has 8 nitrogen and oxygen atoms in total. The third-order valence-electron chi connectivity index (χ3n) is 4.32. The zero-order valence-electron chi connectivity index (χ0n) is 14.9. The summed E-state index contributed by atoms with van der Waals surface area (Å²) in [5.74, 6) is 9.15. The normalized spacial score (nSPS) is 13.0. The number of nitrogen functional groups attached to an aromatic ring is 3. The van der Waals surface area contributed by atoms with E-state index in [4.69, 9.17) is 17.4 Å². The molecule has 0 spiro atoms. The summed E-state index contributed by atoms with van der Waals surface area (Å²) in [4.78, 5) is 24.0. The number of hydrogen-bond acceptors (Lipinski definition) is 6. The SMILES string of the molecule is C1CCNC1.CCc1ccc2cc(N)c(C(=O)NN)c(C(=O)NN)c2c1. The third-order valence-corrected chi connectivity index (χ3v) is 4.32. The Kier molecular flexibility index (Phi) is 6.90. The molecule has 1 heterocycles. The number of rotatable bonds is 3. The Labute approximate surface area is 152 Å². The van der Waals surface area contributed by atoms with E-state index < -0.39 is 11.8 Å². The van der Waals surface area contributed by atoms with Crippen LogP contribution in [0.25, 0.3) is 10.8 Å². The van der Waals surface area contributed by atoms with E-state index in [0.717, 1.165) is 17.4 Å². The van der Waals surface area contributed by atoms with Crippen molar-refractivity contribution in [2.45, 2.75) is 26.2 Å². The molecule has 0 atom stereocenters. The molecule has 2 amide bonds. The molecule has 1 aliphatic rings. The smallest absolute Gasteiger partial charge is 0.268 e. The van der Waals surface area contributed by atoms with Gasteiger partial charge in [0.2, 0.25) is 0 Å². The van der Waals surface area contributed by atoms with Crippen LogP contribution >= 0.6 is 0 Å². The maximum Gasteiger partial charge on any atom is 0.268 e. The molecule has 2 aromatic rings. The van der Waals surface area contributed by atoms with Crippen molar-refractivity contribution in [3.8, 4) is 0 Å². The predicted molar refractivity (Wildman–Crippen MR) is 103 cm³/mol. The van der Waals surface area contributed by atoms with Gasteiger partial charge in [0.05, 0.1) is 11.1 Å². The van der Waals surface area contributed by atoms with E-state index in [-0.39, 0.29) is 16.8 Å². The van der Waals surface area contributed by atoms with Crippen molar-refractivity contribution in [1.29, 1.82) is 0 Å². The van der Waals surface area contributed by atoms with Gasteiger partial charge in [0.15, 0.2) is 0 Å². The topological polar surface area (TPSA) is 148 Å². The number of hydrogen-bond donors (Lipinski definition) is 6. The van der Waals surface area contributed by atoms with E-state index in [1.54, 1.807) is 6.07 Å². The van der Waals surface area contributed by atoms with Crippen LogP contribution in [0.1, 0.15) is 46.0 Å². The Balaban J connectivity index is 0.000000417. The number of carbonyl (C=O) groups is 2. The zero-order chi connectivity index (χ0) is 19.1. The summed E-state index contributed by atoms with van der Waals surface area (Å²) < 4.78 is 0. The van der Waals surface area contributed by atoms with E-state index in [9.17, 15) is 9.59 Å². The molecular weight excluding hydrogens is 332 g/mol. The Bertz CT molecular complexity index is 794. The standard InChI is InChI=1S/C14H17N5O2.C4H9N/c1-2-7-3-4-8-6-10(15)12(14(21)19-17)11(9(8)5-7)13(20)18-16;1-2-4-5-3-1/h3-6H,2,15-17H2,1H3,(H,18,20)(H,19,21);5H,1-4H2. The lowest BCUT2D eigenvalue weighted by Gasteiger charge is -2.14. The van der Waals surface area contributed by atoms with E-state index in [1.165, 1.54) is 25.9 Å². The molecule has 8 heteroatoms. The Morgan fingerprint density at radius 2 is 1.65 bits per heavy atom. The van der Waals surface area contributed by atoms with Crippen molar-refractivity contribution in [1.82, 2.24) is 16.2 Å². The quantitative estimate of drug-likeness (QED) is 0.204. The average Bonchev–Trinajstić information content (AvgIpc) is 3.25. The van der Waals surface area contributed by atoms with Crippen LogP contribution in [0.4, 0.5) is 5.69 Å². The Hall–Kier alpha value is -2.68. The van der Waals surface area contributed by atoms with Crippen molar-refractivity contribution < 1.29 is 9.59 Å². The fourth-order valence-corrected chi connectivity index (χ4v) is 2.93. The van der Waals surface area contributed by atoms with Gasteiger partial charge in [-0.1, -0.05) is 25.1 Å². The van der Waals surface area contributed by atoms with Crippen molar-refractivity contribution in [2.24, 2.45) is 11.7 Å². The summed E-state index contributed by atoms with van der Waals surface area (Å²) in [6.45, 7) is 4.49. The fraction of sp³-hybridized carbons (Fsp3) is 0.333. The monoisotopic (exact) mass is 358 g/mol. The number of nitrogens with two attached hydrogens (primary N) is 3. The summed E-state index contributed by atoms with van der Waals surface area (Å²) >= 11 is 0. The molecule has 26 heavy (non-hydrogen) atoms. The van der Waals surface area contributed by atoms with Crippen LogP contribution in [0.15, 0.2) is 24.3 Å². The highest BCUT2D eigenvalue weighted by atomic mass is 16.2. The minimum atomic E-state index is -0.644. The van der Waals surface area contributed by atoms with Gasteiger partial charge in [-0.05, 0) is 54.8 Å². The van der Waals surface area contributed by atoms with Crippen molar-refractivity contribution in [2.75, 3.05) is 18.8 Å². The van der Waals surface area contributed by atoms with Crippen LogP contribution in [-0.2, 0) is 6.42 Å². The summed E-state index contributed by atoms with van der Waals surface area (Å²) in [6.07, 6.45) is 3.57. The molecule has 0 aromatic heterocycles. The van der Waals surface area contributed by atoms with Gasteiger partial charge in [-0.2, -0.15) is 0 Å². The molecule has 9 N–H and O–H groups in total. The maximum atomic E-state index is 12.1. The molecule has 3 rings (SSSR count). The average molecular weight is 358 g/mol. The van der Waals surface area contributed by atoms with Crippen LogP contribution in [0, 0.1) is 0 Å². The van der Waals surface area contributed by atoms with E-state index in [2.05, 4.69) is 5.32 Å². The number of hydrazine groups is 2. The largest absolute Gasteiger partial charge is 0.398 e. The molecule has 1 fully saturated rings. The highest BCUT2D eigenvalue weighted by Gasteiger charge is 2.22. The van der Waals surface area contributed by atoms with Crippen molar-refractivity contribution in [3.05, 3.63) is 41.0 Å². The van der Waals surface area contributed by atoms with E-state index >= 15 is 0 Å². The summed E-state index contributed by atoms with van der Waals surface area (Å²) in [5.41, 5.74) is 11.2. The Morgan fingerprint density at radius 1 is 1.04 bits per heavy atom. The van der Waals surface area contributed by atoms with Gasteiger partial charge in [-0.15, -0.1) is 0 Å². The summed E-state index contributed by atoms with van der Waals surface area (Å²) in [5, 5.41) is 4.57. The van der Waals surface area contributed by atoms with Crippen LogP contribution in [-0.4, -0.2) is 24.9 Å². The molecule has 1 saturated heterocycles. The maximum absolute atomic E-state index is 12.1. The van der Waals surface area contributed by atoms with Gasteiger partial charge in [0, 0.05) is 5.69 Å². The fourth-order valence-electron chi connectivity index (χ4n) is 2.93. The second kappa shape index (κ2) is 9.14. The van der Waals surface area contributed by atoms with E-state index in [1.807, 2.05) is 36.0 Å². The first kappa shape index (κ1) is 19.6. The van der Waals surface area contributed by atoms with Gasteiger partial charge in [-0.25, -0.2) is 11.7 Å². The first-order valence-corrected chi connectivity index (χ1v) is 8.61. The first-order chi connectivity index (χ1) is 12.5. The highest BCUT2D eigenvalue weighted by molar-refractivity contribution is 6.18. The molecule has 140 valence electrons. The second-order valence-corrected chi connectivity index (χ2v) is 6.03. The molecule has 0 bridgehead atoms. The third kappa shape index (κ3) is 4.29. The van der Waals surface area contributed by atoms with Crippen LogP contribution in [0.3, 0.4) is 0 Å². The lowest BCUT2D eigenvalue weighted by atomic mass is 9.94. The number of aryl methyl sites for hydroxylation is 1. The number of carbonyl (C=O) groups excluding carboxylic acids is 2. The van der Waals surface area contributed by atoms with Gasteiger partial charge in [0.1, 0.15) is 0 Å². The number of amides is 2. The molecular formula is C18H26N6O2. The van der Waals surface area contributed by atoms with Crippen LogP contribution in [0.2, 0.25) is 0 Å². The van der Waals surface area contributed by atoms with Gasteiger partial charge < -0.3 is 11.1 Å². The molecule has 2 aromatic carbocycles. The van der Waals surface area contributed by atoms with Gasteiger partial charge in [0.25, 0.3) is 11.8 Å². The summed E-state index contributed by atoms with van der Waals surface area (Å²) in [7, 11) is 0. The second-order valence-electron chi connectivity index (χ2n) is 6.03. The van der Waals surface area contributed by atoms with E-state index in [0.29, 0.717) is 5.39 Å². The first-order valence-electron chi connectivity index (χ1n) is 8.61. The minimum absolute atomic E-state index is 0.0150. The molecule has 0 radical (unpaired) electrons. The number of fused-ring (bicyclic) bond motifs is 1. The van der Waals surface area contributed by atoms with Crippen molar-refractivity contribution >= 4 is 28.3 Å². The van der Waals surface area contributed by atoms with Gasteiger partial charge >= 0.3 is 0 Å². The molecule has 0 aliphatic carbocycles. The lowest BCUT2D eigenvalue weighted by molar-refractivity contribution is 0.0921.